The van der Waals surface area contributed by atoms with Crippen LogP contribution < -0.4 is 5.32 Å². The van der Waals surface area contributed by atoms with Gasteiger partial charge in [0.15, 0.2) is 0 Å². The summed E-state index contributed by atoms with van der Waals surface area (Å²) in [5.74, 6) is 0. The van der Waals surface area contributed by atoms with Gasteiger partial charge in [0.2, 0.25) is 0 Å². The Morgan fingerprint density at radius 2 is 2.05 bits per heavy atom. The molecule has 0 aromatic heterocycles. The fourth-order valence-electron chi connectivity index (χ4n) is 3.11. The second kappa shape index (κ2) is 6.87. The Bertz CT molecular complexity index is 382. The van der Waals surface area contributed by atoms with Crippen LogP contribution in [0.1, 0.15) is 31.7 Å². The van der Waals surface area contributed by atoms with E-state index < -0.39 is 0 Å². The van der Waals surface area contributed by atoms with Crippen molar-refractivity contribution in [3.05, 3.63) is 34.3 Å². The summed E-state index contributed by atoms with van der Waals surface area (Å²) < 4.78 is 1.15. The molecule has 1 aromatic rings. The van der Waals surface area contributed by atoms with Crippen molar-refractivity contribution in [1.82, 2.24) is 10.2 Å². The van der Waals surface area contributed by atoms with Crippen molar-refractivity contribution in [3.8, 4) is 0 Å². The first-order valence-electron chi connectivity index (χ1n) is 7.27. The lowest BCUT2D eigenvalue weighted by molar-refractivity contribution is 0.125. The van der Waals surface area contributed by atoms with Crippen molar-refractivity contribution >= 4 is 15.9 Å². The fourth-order valence-corrected chi connectivity index (χ4v) is 3.37. The molecule has 1 heterocycles. The molecule has 1 fully saturated rings. The van der Waals surface area contributed by atoms with Crippen molar-refractivity contribution in [2.75, 3.05) is 26.7 Å². The average molecular weight is 325 g/mol. The van der Waals surface area contributed by atoms with Crippen LogP contribution in [-0.4, -0.2) is 31.6 Å². The van der Waals surface area contributed by atoms with E-state index in [4.69, 9.17) is 0 Å². The molecule has 3 heteroatoms. The van der Waals surface area contributed by atoms with E-state index in [2.05, 4.69) is 64.4 Å². The highest BCUT2D eigenvalue weighted by Gasteiger charge is 2.31. The summed E-state index contributed by atoms with van der Waals surface area (Å²) in [6.45, 7) is 6.93. The highest BCUT2D eigenvalue weighted by molar-refractivity contribution is 9.10. The fraction of sp³-hybridized carbons (Fsp3) is 0.625. The second-order valence-corrected chi connectivity index (χ2v) is 6.85. The van der Waals surface area contributed by atoms with Crippen LogP contribution in [0.25, 0.3) is 0 Å². The van der Waals surface area contributed by atoms with Gasteiger partial charge in [-0.15, -0.1) is 0 Å². The number of nitrogens with one attached hydrogen (secondary N) is 1. The summed E-state index contributed by atoms with van der Waals surface area (Å²) in [4.78, 5) is 2.47. The summed E-state index contributed by atoms with van der Waals surface area (Å²) in [6, 6.07) is 8.67. The monoisotopic (exact) mass is 324 g/mol. The number of rotatable bonds is 5. The Morgan fingerprint density at radius 1 is 1.32 bits per heavy atom. The molecule has 1 aliphatic heterocycles. The van der Waals surface area contributed by atoms with Gasteiger partial charge in [0.1, 0.15) is 0 Å². The van der Waals surface area contributed by atoms with Gasteiger partial charge in [-0.1, -0.05) is 35.0 Å². The second-order valence-electron chi connectivity index (χ2n) is 5.93. The molecule has 0 spiro atoms. The molecule has 1 atom stereocenters. The van der Waals surface area contributed by atoms with Crippen LogP contribution in [0, 0.1) is 5.41 Å². The molecule has 1 aromatic carbocycles. The van der Waals surface area contributed by atoms with E-state index in [1.54, 1.807) is 0 Å². The lowest BCUT2D eigenvalue weighted by Crippen LogP contribution is -2.46. The van der Waals surface area contributed by atoms with Gasteiger partial charge in [0.25, 0.3) is 0 Å². The number of hydrogen-bond acceptors (Lipinski definition) is 2. The Kier molecular flexibility index (Phi) is 5.43. The Hall–Kier alpha value is -0.380. The third-order valence-corrected chi connectivity index (χ3v) is 4.81. The smallest absolute Gasteiger partial charge is 0.0230 e. The maximum atomic E-state index is 3.57. The van der Waals surface area contributed by atoms with Gasteiger partial charge in [0.05, 0.1) is 0 Å². The predicted molar refractivity (Wildman–Crippen MR) is 85.3 cm³/mol. The molecule has 1 unspecified atom stereocenters. The van der Waals surface area contributed by atoms with Crippen LogP contribution in [0.2, 0.25) is 0 Å². The molecule has 2 nitrogen and oxygen atoms in total. The minimum Gasteiger partial charge on any atom is -0.316 e. The summed E-state index contributed by atoms with van der Waals surface area (Å²) >= 11 is 3.49. The van der Waals surface area contributed by atoms with E-state index in [1.165, 1.54) is 44.5 Å². The molecule has 0 radical (unpaired) electrons. The van der Waals surface area contributed by atoms with Crippen LogP contribution in [0.4, 0.5) is 0 Å². The first kappa shape index (κ1) is 15.0. The quantitative estimate of drug-likeness (QED) is 0.889. The van der Waals surface area contributed by atoms with E-state index in [0.29, 0.717) is 5.41 Å². The van der Waals surface area contributed by atoms with Gasteiger partial charge in [-0.2, -0.15) is 0 Å². The molecule has 1 saturated heterocycles. The average Bonchev–Trinajstić information content (AvgIpc) is 2.42. The Morgan fingerprint density at radius 3 is 2.63 bits per heavy atom. The predicted octanol–water partition coefficient (Wildman–Crippen LogP) is 3.66. The topological polar surface area (TPSA) is 15.3 Å². The summed E-state index contributed by atoms with van der Waals surface area (Å²) in [5.41, 5.74) is 1.86. The maximum absolute atomic E-state index is 3.57. The third-order valence-electron chi connectivity index (χ3n) is 4.28. The zero-order chi connectivity index (χ0) is 13.7. The van der Waals surface area contributed by atoms with Crippen LogP contribution in [0.5, 0.6) is 0 Å². The van der Waals surface area contributed by atoms with Gasteiger partial charge in [0, 0.05) is 24.1 Å². The van der Waals surface area contributed by atoms with Gasteiger partial charge in [-0.3, -0.25) is 0 Å². The third kappa shape index (κ3) is 4.30. The summed E-state index contributed by atoms with van der Waals surface area (Å²) in [5, 5.41) is 3.57. The number of hydrogen-bond donors (Lipinski definition) is 1. The first-order chi connectivity index (χ1) is 9.13. The van der Waals surface area contributed by atoms with Crippen LogP contribution in [0.3, 0.4) is 0 Å². The van der Waals surface area contributed by atoms with Gasteiger partial charge < -0.3 is 10.2 Å². The molecule has 106 valence electrons. The molecule has 1 aliphatic rings. The molecule has 0 saturated carbocycles. The molecule has 1 N–H and O–H groups in total. The minimum atomic E-state index is 0.475. The molecule has 0 amide bonds. The Balaban J connectivity index is 1.92. The largest absolute Gasteiger partial charge is 0.316 e. The normalized spacial score (nSPS) is 23.8. The zero-order valence-corrected chi connectivity index (χ0v) is 13.7. The van der Waals surface area contributed by atoms with E-state index in [9.17, 15) is 0 Å². The number of nitrogens with zero attached hydrogens (tertiary/aromatic N) is 1. The molecule has 0 aliphatic carbocycles. The van der Waals surface area contributed by atoms with Gasteiger partial charge in [-0.05, 0) is 56.0 Å². The SMILES string of the molecule is CCC1(CN(C)Cc2ccc(Br)cc2)CCCNC1. The molecule has 0 bridgehead atoms. The number of piperidine rings is 1. The minimum absolute atomic E-state index is 0.475. The van der Waals surface area contributed by atoms with Gasteiger partial charge >= 0.3 is 0 Å². The lowest BCUT2D eigenvalue weighted by Gasteiger charge is -2.40. The van der Waals surface area contributed by atoms with E-state index in [-0.39, 0.29) is 0 Å². The number of halogens is 1. The lowest BCUT2D eigenvalue weighted by atomic mass is 9.78. The van der Waals surface area contributed by atoms with Crippen molar-refractivity contribution in [2.24, 2.45) is 5.41 Å². The maximum Gasteiger partial charge on any atom is 0.0230 e. The zero-order valence-electron chi connectivity index (χ0n) is 12.1. The number of benzene rings is 1. The van der Waals surface area contributed by atoms with Gasteiger partial charge in [-0.25, -0.2) is 0 Å². The summed E-state index contributed by atoms with van der Waals surface area (Å²) in [6.07, 6.45) is 3.95. The highest BCUT2D eigenvalue weighted by Crippen LogP contribution is 2.31. The molecule has 19 heavy (non-hydrogen) atoms. The van der Waals surface area contributed by atoms with Crippen LogP contribution >= 0.6 is 15.9 Å². The van der Waals surface area contributed by atoms with Crippen molar-refractivity contribution < 1.29 is 0 Å². The van der Waals surface area contributed by atoms with Crippen LogP contribution in [0.15, 0.2) is 28.7 Å². The Labute approximate surface area is 125 Å². The molecule has 2 rings (SSSR count). The van der Waals surface area contributed by atoms with Crippen molar-refractivity contribution in [1.29, 1.82) is 0 Å². The first-order valence-corrected chi connectivity index (χ1v) is 8.06. The van der Waals surface area contributed by atoms with E-state index in [0.717, 1.165) is 11.0 Å². The van der Waals surface area contributed by atoms with Crippen molar-refractivity contribution in [3.63, 3.8) is 0 Å². The standard InChI is InChI=1S/C16H25BrN2/c1-3-16(9-4-10-18-12-16)13-19(2)11-14-5-7-15(17)8-6-14/h5-8,18H,3-4,9-13H2,1-2H3. The molecular formula is C16H25BrN2. The highest BCUT2D eigenvalue weighted by atomic mass is 79.9. The summed E-state index contributed by atoms with van der Waals surface area (Å²) in [7, 11) is 2.24. The van der Waals surface area contributed by atoms with Crippen molar-refractivity contribution in [2.45, 2.75) is 32.7 Å². The molecular weight excluding hydrogens is 300 g/mol. The van der Waals surface area contributed by atoms with E-state index in [1.807, 2.05) is 0 Å². The van der Waals surface area contributed by atoms with Crippen LogP contribution in [-0.2, 0) is 6.54 Å². The van der Waals surface area contributed by atoms with E-state index >= 15 is 0 Å².